The van der Waals surface area contributed by atoms with Crippen molar-refractivity contribution in [1.29, 1.82) is 0 Å². The molecule has 0 bridgehead atoms. The Morgan fingerprint density at radius 2 is 1.66 bits per heavy atom. The smallest absolute Gasteiger partial charge is 0.250 e. The van der Waals surface area contributed by atoms with Gasteiger partial charge in [0.05, 0.1) is 6.54 Å². The summed E-state index contributed by atoms with van der Waals surface area (Å²) in [5, 5.41) is 0. The number of amides is 2. The lowest BCUT2D eigenvalue weighted by Crippen LogP contribution is -2.46. The van der Waals surface area contributed by atoms with Crippen LogP contribution in [0, 0.1) is 0 Å². The van der Waals surface area contributed by atoms with Gasteiger partial charge in [-0.3, -0.25) is 14.6 Å². The van der Waals surface area contributed by atoms with Gasteiger partial charge in [-0.05, 0) is 35.7 Å². The molecule has 1 atom stereocenters. The number of likely N-dealkylation sites (tertiary alicyclic amines) is 1. The average Bonchev–Trinajstić information content (AvgIpc) is 3.14. The van der Waals surface area contributed by atoms with E-state index in [-0.39, 0.29) is 11.8 Å². The number of carbonyl (C=O) groups excluding carboxylic acids is 2. The second-order valence-corrected chi connectivity index (χ2v) is 7.18. The minimum absolute atomic E-state index is 0.0293. The fourth-order valence-electron chi connectivity index (χ4n) is 3.73. The summed E-state index contributed by atoms with van der Waals surface area (Å²) in [6, 6.07) is 22.8. The number of rotatable bonds is 6. The Kier molecular flexibility index (Phi) is 5.66. The molecule has 2 amide bonds. The van der Waals surface area contributed by atoms with Crippen LogP contribution in [0.3, 0.4) is 0 Å². The molecule has 0 saturated carbocycles. The maximum Gasteiger partial charge on any atom is 0.250 e. The van der Waals surface area contributed by atoms with E-state index in [1.165, 1.54) is 0 Å². The van der Waals surface area contributed by atoms with Gasteiger partial charge in [-0.25, -0.2) is 0 Å². The highest BCUT2D eigenvalue weighted by atomic mass is 16.2. The summed E-state index contributed by atoms with van der Waals surface area (Å²) in [5.74, 6) is -0.0246. The molecular weight excluding hydrogens is 362 g/mol. The molecule has 5 heteroatoms. The third-order valence-corrected chi connectivity index (χ3v) is 5.21. The van der Waals surface area contributed by atoms with E-state index in [9.17, 15) is 9.59 Å². The highest BCUT2D eigenvalue weighted by Gasteiger charge is 2.38. The van der Waals surface area contributed by atoms with Gasteiger partial charge in [0.2, 0.25) is 11.8 Å². The Balaban J connectivity index is 1.61. The highest BCUT2D eigenvalue weighted by molar-refractivity contribution is 6.00. The van der Waals surface area contributed by atoms with E-state index < -0.39 is 6.04 Å². The van der Waals surface area contributed by atoms with Gasteiger partial charge in [0.25, 0.3) is 0 Å². The predicted octanol–water partition coefficient (Wildman–Crippen LogP) is 3.81. The molecule has 0 aliphatic carbocycles. The first-order chi connectivity index (χ1) is 14.2. The number of anilines is 1. The Bertz CT molecular complexity index is 961. The molecule has 1 fully saturated rings. The molecule has 29 heavy (non-hydrogen) atoms. The van der Waals surface area contributed by atoms with Gasteiger partial charge in [-0.1, -0.05) is 54.6 Å². The first kappa shape index (κ1) is 18.9. The van der Waals surface area contributed by atoms with E-state index in [0.29, 0.717) is 25.9 Å². The molecular formula is C24H23N3O2. The summed E-state index contributed by atoms with van der Waals surface area (Å²) in [4.78, 5) is 33.8. The second kappa shape index (κ2) is 8.69. The zero-order valence-corrected chi connectivity index (χ0v) is 16.1. The number of carbonyl (C=O) groups is 2. The van der Waals surface area contributed by atoms with E-state index in [2.05, 4.69) is 4.98 Å². The van der Waals surface area contributed by atoms with Crippen LogP contribution in [0.5, 0.6) is 0 Å². The lowest BCUT2D eigenvalue weighted by atomic mass is 10.1. The fourth-order valence-corrected chi connectivity index (χ4v) is 3.73. The van der Waals surface area contributed by atoms with Crippen LogP contribution < -0.4 is 4.90 Å². The van der Waals surface area contributed by atoms with Gasteiger partial charge in [0.15, 0.2) is 0 Å². The lowest BCUT2D eigenvalue weighted by molar-refractivity contribution is -0.134. The third-order valence-electron chi connectivity index (χ3n) is 5.21. The Morgan fingerprint density at radius 1 is 0.966 bits per heavy atom. The van der Waals surface area contributed by atoms with E-state index in [1.54, 1.807) is 22.2 Å². The first-order valence-corrected chi connectivity index (χ1v) is 9.81. The minimum atomic E-state index is -0.459. The predicted molar refractivity (Wildman–Crippen MR) is 112 cm³/mol. The Labute approximate surface area is 170 Å². The number of benzene rings is 2. The van der Waals surface area contributed by atoms with Crippen molar-refractivity contribution in [3.05, 3.63) is 96.3 Å². The van der Waals surface area contributed by atoms with E-state index in [1.807, 2.05) is 72.8 Å². The summed E-state index contributed by atoms with van der Waals surface area (Å²) >= 11 is 0. The molecule has 0 radical (unpaired) electrons. The normalized spacial score (nSPS) is 16.1. The summed E-state index contributed by atoms with van der Waals surface area (Å²) in [6.45, 7) is 0.867. The topological polar surface area (TPSA) is 53.5 Å². The molecule has 2 heterocycles. The van der Waals surface area contributed by atoms with Crippen LogP contribution in [0.4, 0.5) is 5.69 Å². The SMILES string of the molecule is O=C(C1CCC(=O)N1Cc1ccccc1)N(Cc1cccnc1)c1ccccc1. The van der Waals surface area contributed by atoms with Crippen LogP contribution in [0.2, 0.25) is 0 Å². The van der Waals surface area contributed by atoms with Crippen LogP contribution in [-0.4, -0.2) is 27.7 Å². The molecule has 1 aliphatic heterocycles. The van der Waals surface area contributed by atoms with Crippen molar-refractivity contribution in [1.82, 2.24) is 9.88 Å². The summed E-state index contributed by atoms with van der Waals surface area (Å²) in [7, 11) is 0. The van der Waals surface area contributed by atoms with Crippen molar-refractivity contribution in [3.63, 3.8) is 0 Å². The first-order valence-electron chi connectivity index (χ1n) is 9.81. The average molecular weight is 385 g/mol. The molecule has 3 aromatic rings. The van der Waals surface area contributed by atoms with Gasteiger partial charge in [-0.15, -0.1) is 0 Å². The van der Waals surface area contributed by atoms with E-state index >= 15 is 0 Å². The standard InChI is InChI=1S/C24H23N3O2/c28-23-14-13-22(27(23)17-19-8-3-1-4-9-19)24(29)26(21-11-5-2-6-12-21)18-20-10-7-15-25-16-20/h1-12,15-16,22H,13-14,17-18H2. The Morgan fingerprint density at radius 3 is 2.34 bits per heavy atom. The van der Waals surface area contributed by atoms with Crippen molar-refractivity contribution in [2.45, 2.75) is 32.0 Å². The quantitative estimate of drug-likeness (QED) is 0.648. The monoisotopic (exact) mass is 385 g/mol. The number of pyridine rings is 1. The van der Waals surface area contributed by atoms with Gasteiger partial charge in [-0.2, -0.15) is 0 Å². The van der Waals surface area contributed by atoms with Crippen LogP contribution >= 0.6 is 0 Å². The van der Waals surface area contributed by atoms with Crippen molar-refractivity contribution >= 4 is 17.5 Å². The van der Waals surface area contributed by atoms with Crippen molar-refractivity contribution in [2.75, 3.05) is 4.90 Å². The highest BCUT2D eigenvalue weighted by Crippen LogP contribution is 2.26. The number of para-hydroxylation sites is 1. The van der Waals surface area contributed by atoms with Crippen LogP contribution in [-0.2, 0) is 22.7 Å². The summed E-state index contributed by atoms with van der Waals surface area (Å²) in [6.07, 6.45) is 4.43. The number of hydrogen-bond acceptors (Lipinski definition) is 3. The lowest BCUT2D eigenvalue weighted by Gasteiger charge is -2.30. The van der Waals surface area contributed by atoms with Gasteiger partial charge >= 0.3 is 0 Å². The summed E-state index contributed by atoms with van der Waals surface area (Å²) < 4.78 is 0. The fraction of sp³-hybridized carbons (Fsp3) is 0.208. The van der Waals surface area contributed by atoms with Crippen LogP contribution in [0.25, 0.3) is 0 Å². The number of hydrogen-bond donors (Lipinski definition) is 0. The molecule has 146 valence electrons. The third kappa shape index (κ3) is 4.35. The van der Waals surface area contributed by atoms with Gasteiger partial charge in [0.1, 0.15) is 6.04 Å². The summed E-state index contributed by atoms with van der Waals surface area (Å²) in [5.41, 5.74) is 2.79. The van der Waals surface area contributed by atoms with Gasteiger partial charge in [0, 0.05) is 31.0 Å². The molecule has 1 unspecified atom stereocenters. The van der Waals surface area contributed by atoms with E-state index in [4.69, 9.17) is 0 Å². The largest absolute Gasteiger partial charge is 0.326 e. The molecule has 1 aliphatic rings. The van der Waals surface area contributed by atoms with Gasteiger partial charge < -0.3 is 9.80 Å². The minimum Gasteiger partial charge on any atom is -0.326 e. The molecule has 1 saturated heterocycles. The van der Waals surface area contributed by atoms with Crippen LogP contribution in [0.15, 0.2) is 85.2 Å². The number of nitrogens with zero attached hydrogens (tertiary/aromatic N) is 3. The maximum atomic E-state index is 13.6. The zero-order chi connectivity index (χ0) is 20.1. The molecule has 5 nitrogen and oxygen atoms in total. The van der Waals surface area contributed by atoms with Crippen LogP contribution in [0.1, 0.15) is 24.0 Å². The number of aromatic nitrogens is 1. The van der Waals surface area contributed by atoms with Crippen molar-refractivity contribution < 1.29 is 9.59 Å². The van der Waals surface area contributed by atoms with Crippen molar-refractivity contribution in [3.8, 4) is 0 Å². The molecule has 1 aromatic heterocycles. The molecule has 4 rings (SSSR count). The second-order valence-electron chi connectivity index (χ2n) is 7.18. The van der Waals surface area contributed by atoms with Crippen molar-refractivity contribution in [2.24, 2.45) is 0 Å². The Hall–Kier alpha value is -3.47. The molecule has 0 spiro atoms. The maximum absolute atomic E-state index is 13.6. The molecule has 2 aromatic carbocycles. The van der Waals surface area contributed by atoms with E-state index in [0.717, 1.165) is 16.8 Å². The molecule has 0 N–H and O–H groups in total. The zero-order valence-electron chi connectivity index (χ0n) is 16.1.